The maximum absolute atomic E-state index is 5.46. The predicted molar refractivity (Wildman–Crippen MR) is 118 cm³/mol. The van der Waals surface area contributed by atoms with E-state index in [0.29, 0.717) is 6.54 Å². The lowest BCUT2D eigenvalue weighted by Crippen LogP contribution is -2.46. The molecule has 156 valence electrons. The van der Waals surface area contributed by atoms with Crippen LogP contribution in [0.15, 0.2) is 30.5 Å². The first-order chi connectivity index (χ1) is 13.7. The molecule has 3 aromatic rings. The van der Waals surface area contributed by atoms with Crippen LogP contribution in [0.3, 0.4) is 0 Å². The molecule has 1 fully saturated rings. The van der Waals surface area contributed by atoms with E-state index in [1.54, 1.807) is 11.8 Å². The van der Waals surface area contributed by atoms with E-state index in [2.05, 4.69) is 33.2 Å². The van der Waals surface area contributed by atoms with E-state index in [0.717, 1.165) is 66.8 Å². The number of fused-ring (bicyclic) bond motifs is 1. The van der Waals surface area contributed by atoms with Gasteiger partial charge < -0.3 is 19.9 Å². The summed E-state index contributed by atoms with van der Waals surface area (Å²) in [6.07, 6.45) is 1.82. The van der Waals surface area contributed by atoms with Gasteiger partial charge in [0.25, 0.3) is 0 Å². The van der Waals surface area contributed by atoms with Crippen molar-refractivity contribution < 1.29 is 4.74 Å². The summed E-state index contributed by atoms with van der Waals surface area (Å²) < 4.78 is 7.27. The molecule has 0 saturated carbocycles. The molecule has 0 radical (unpaired) electrons. The molecule has 1 aromatic carbocycles. The van der Waals surface area contributed by atoms with E-state index < -0.39 is 0 Å². The van der Waals surface area contributed by atoms with Crippen LogP contribution >= 0.6 is 12.4 Å². The van der Waals surface area contributed by atoms with E-state index in [-0.39, 0.29) is 12.4 Å². The van der Waals surface area contributed by atoms with Gasteiger partial charge in [-0.2, -0.15) is 15.1 Å². The van der Waals surface area contributed by atoms with Crippen molar-refractivity contribution in [1.29, 1.82) is 0 Å². The average Bonchev–Trinajstić information content (AvgIpc) is 3.13. The first kappa shape index (κ1) is 21.1. The third kappa shape index (κ3) is 4.38. The van der Waals surface area contributed by atoms with Gasteiger partial charge in [-0.05, 0) is 12.6 Å². The number of nitrogens with zero attached hydrogens (tertiary/aromatic N) is 6. The molecule has 1 aliphatic rings. The molecule has 0 atom stereocenters. The average molecular weight is 418 g/mol. The SMILES string of the molecule is CCN1CCN(c2nc(NCc3ccccc3OC)c3cnn(C)c3n2)CC1.Cl. The number of ether oxygens (including phenoxy) is 1. The number of hydrogen-bond acceptors (Lipinski definition) is 7. The van der Waals surface area contributed by atoms with Gasteiger partial charge in [0.15, 0.2) is 5.65 Å². The van der Waals surface area contributed by atoms with E-state index in [1.807, 2.05) is 31.4 Å². The molecule has 29 heavy (non-hydrogen) atoms. The second-order valence-corrected chi connectivity index (χ2v) is 6.96. The Morgan fingerprint density at radius 1 is 1.10 bits per heavy atom. The normalized spacial score (nSPS) is 14.7. The van der Waals surface area contributed by atoms with Crippen LogP contribution in [-0.4, -0.2) is 64.5 Å². The van der Waals surface area contributed by atoms with Gasteiger partial charge in [0.05, 0.1) is 18.7 Å². The lowest BCUT2D eigenvalue weighted by atomic mass is 10.2. The molecule has 3 heterocycles. The van der Waals surface area contributed by atoms with Crippen molar-refractivity contribution in [1.82, 2.24) is 24.6 Å². The van der Waals surface area contributed by atoms with Gasteiger partial charge in [0.1, 0.15) is 11.6 Å². The first-order valence-electron chi connectivity index (χ1n) is 9.72. The molecule has 1 N–H and O–H groups in total. The molecule has 1 aliphatic heterocycles. The molecule has 8 nitrogen and oxygen atoms in total. The molecule has 0 aliphatic carbocycles. The Balaban J connectivity index is 0.00000240. The number of anilines is 2. The predicted octanol–water partition coefficient (Wildman–Crippen LogP) is 2.55. The zero-order valence-corrected chi connectivity index (χ0v) is 17.9. The van der Waals surface area contributed by atoms with Crippen LogP contribution in [-0.2, 0) is 13.6 Å². The third-order valence-electron chi connectivity index (χ3n) is 5.32. The maximum Gasteiger partial charge on any atom is 0.229 e. The van der Waals surface area contributed by atoms with Crippen LogP contribution in [0.5, 0.6) is 5.75 Å². The lowest BCUT2D eigenvalue weighted by Gasteiger charge is -2.34. The maximum atomic E-state index is 5.46. The summed E-state index contributed by atoms with van der Waals surface area (Å²) in [4.78, 5) is 14.3. The number of aryl methyl sites for hydroxylation is 1. The second kappa shape index (κ2) is 9.28. The van der Waals surface area contributed by atoms with Crippen molar-refractivity contribution >= 4 is 35.2 Å². The highest BCUT2D eigenvalue weighted by atomic mass is 35.5. The molecule has 0 spiro atoms. The smallest absolute Gasteiger partial charge is 0.229 e. The highest BCUT2D eigenvalue weighted by Crippen LogP contribution is 2.25. The number of methoxy groups -OCH3 is 1. The summed E-state index contributed by atoms with van der Waals surface area (Å²) in [5.74, 6) is 2.42. The zero-order valence-electron chi connectivity index (χ0n) is 17.1. The lowest BCUT2D eigenvalue weighted by molar-refractivity contribution is 0.270. The van der Waals surface area contributed by atoms with E-state index >= 15 is 0 Å². The fourth-order valence-electron chi connectivity index (χ4n) is 3.58. The van der Waals surface area contributed by atoms with Crippen LogP contribution in [0.4, 0.5) is 11.8 Å². The molecule has 9 heteroatoms. The van der Waals surface area contributed by atoms with E-state index in [4.69, 9.17) is 14.7 Å². The number of benzene rings is 1. The van der Waals surface area contributed by atoms with E-state index in [1.165, 1.54) is 0 Å². The van der Waals surface area contributed by atoms with Gasteiger partial charge in [-0.25, -0.2) is 0 Å². The molecule has 0 unspecified atom stereocenters. The number of para-hydroxylation sites is 1. The number of rotatable bonds is 6. The summed E-state index contributed by atoms with van der Waals surface area (Å²) in [5.41, 5.74) is 1.92. The molecule has 4 rings (SSSR count). The van der Waals surface area contributed by atoms with Crippen molar-refractivity contribution in [3.05, 3.63) is 36.0 Å². The number of halogens is 1. The summed E-state index contributed by atoms with van der Waals surface area (Å²) in [6, 6.07) is 8.01. The largest absolute Gasteiger partial charge is 0.496 e. The number of piperazine rings is 1. The Bertz CT molecular complexity index is 953. The quantitative estimate of drug-likeness (QED) is 0.660. The minimum absolute atomic E-state index is 0. The topological polar surface area (TPSA) is 71.3 Å². The molecule has 0 amide bonds. The highest BCUT2D eigenvalue weighted by molar-refractivity contribution is 5.87. The van der Waals surface area contributed by atoms with Crippen molar-refractivity contribution in [3.8, 4) is 5.75 Å². The van der Waals surface area contributed by atoms with Crippen LogP contribution in [0, 0.1) is 0 Å². The first-order valence-corrected chi connectivity index (χ1v) is 9.72. The Labute approximate surface area is 177 Å². The minimum atomic E-state index is 0. The second-order valence-electron chi connectivity index (χ2n) is 6.96. The van der Waals surface area contributed by atoms with Crippen molar-refractivity contribution in [3.63, 3.8) is 0 Å². The number of nitrogens with one attached hydrogen (secondary N) is 1. The molecule has 0 bridgehead atoms. The molecule has 2 aromatic heterocycles. The van der Waals surface area contributed by atoms with E-state index in [9.17, 15) is 0 Å². The van der Waals surface area contributed by atoms with Crippen LogP contribution in [0.2, 0.25) is 0 Å². The Morgan fingerprint density at radius 2 is 1.86 bits per heavy atom. The summed E-state index contributed by atoms with van der Waals surface area (Å²) in [7, 11) is 3.61. The monoisotopic (exact) mass is 417 g/mol. The van der Waals surface area contributed by atoms with Crippen molar-refractivity contribution in [2.75, 3.05) is 50.1 Å². The summed E-state index contributed by atoms with van der Waals surface area (Å²) in [5, 5.41) is 8.77. The van der Waals surface area contributed by atoms with Gasteiger partial charge >= 0.3 is 0 Å². The Kier molecular flexibility index (Phi) is 6.76. The van der Waals surface area contributed by atoms with Crippen molar-refractivity contribution in [2.24, 2.45) is 7.05 Å². The molecule has 1 saturated heterocycles. The minimum Gasteiger partial charge on any atom is -0.496 e. The molecular formula is C20H28ClN7O. The summed E-state index contributed by atoms with van der Waals surface area (Å²) in [6.45, 7) is 7.84. The highest BCUT2D eigenvalue weighted by Gasteiger charge is 2.20. The van der Waals surface area contributed by atoms with Crippen LogP contribution in [0.1, 0.15) is 12.5 Å². The third-order valence-corrected chi connectivity index (χ3v) is 5.32. The fraction of sp³-hybridized carbons (Fsp3) is 0.450. The van der Waals surface area contributed by atoms with Crippen LogP contribution < -0.4 is 15.0 Å². The van der Waals surface area contributed by atoms with Gasteiger partial charge in [-0.15, -0.1) is 12.4 Å². The number of likely N-dealkylation sites (N-methyl/N-ethyl adjacent to an activating group) is 1. The fourth-order valence-corrected chi connectivity index (χ4v) is 3.58. The Morgan fingerprint density at radius 3 is 2.59 bits per heavy atom. The van der Waals surface area contributed by atoms with Crippen molar-refractivity contribution in [2.45, 2.75) is 13.5 Å². The standard InChI is InChI=1S/C20H27N7O.ClH/c1-4-26-9-11-27(12-10-26)20-23-18(16-14-22-25(2)19(16)24-20)21-13-15-7-5-6-8-17(15)28-3;/h5-8,14H,4,9-13H2,1-3H3,(H,21,23,24);1H. The van der Waals surface area contributed by atoms with Gasteiger partial charge in [-0.1, -0.05) is 25.1 Å². The van der Waals surface area contributed by atoms with Gasteiger partial charge in [0, 0.05) is 45.3 Å². The van der Waals surface area contributed by atoms with Gasteiger partial charge in [0.2, 0.25) is 5.95 Å². The Hall–Kier alpha value is -2.58. The van der Waals surface area contributed by atoms with Crippen LogP contribution in [0.25, 0.3) is 11.0 Å². The summed E-state index contributed by atoms with van der Waals surface area (Å²) >= 11 is 0. The van der Waals surface area contributed by atoms with Gasteiger partial charge in [-0.3, -0.25) is 4.68 Å². The number of hydrogen-bond donors (Lipinski definition) is 1. The number of aromatic nitrogens is 4. The molecular weight excluding hydrogens is 390 g/mol. The zero-order chi connectivity index (χ0) is 19.5.